The van der Waals surface area contributed by atoms with Crippen LogP contribution in [0.5, 0.6) is 5.75 Å². The first-order valence-corrected chi connectivity index (χ1v) is 10.2. The van der Waals surface area contributed by atoms with Gasteiger partial charge in [-0.25, -0.2) is 0 Å². The standard InChI is InChI=1S/C24H26N2O4/c1-2-30-23-10-7-17-5-3-4-6-19(17)21(23)16-25-18-8-9-22(20(15-18)24(27)28)26-11-13-29-14-12-26/h3-10,15,25H,2,11-14,16H2,1H3,(H,27,28)/p-1. The van der Waals surface area contributed by atoms with E-state index in [2.05, 4.69) is 23.5 Å². The molecule has 1 saturated heterocycles. The van der Waals surface area contributed by atoms with Gasteiger partial charge in [-0.05, 0) is 42.0 Å². The summed E-state index contributed by atoms with van der Waals surface area (Å²) in [5.41, 5.74) is 2.62. The fourth-order valence-corrected chi connectivity index (χ4v) is 3.87. The summed E-state index contributed by atoms with van der Waals surface area (Å²) in [5, 5.41) is 17.4. The molecule has 1 fully saturated rings. The number of morpholine rings is 1. The lowest BCUT2D eigenvalue weighted by atomic mass is 10.0. The summed E-state index contributed by atoms with van der Waals surface area (Å²) in [5.74, 6) is -0.353. The summed E-state index contributed by atoms with van der Waals surface area (Å²) in [4.78, 5) is 13.8. The third kappa shape index (κ3) is 4.19. The third-order valence-electron chi connectivity index (χ3n) is 5.33. The summed E-state index contributed by atoms with van der Waals surface area (Å²) in [6.45, 7) is 5.57. The van der Waals surface area contributed by atoms with E-state index >= 15 is 0 Å². The molecule has 1 aliphatic rings. The van der Waals surface area contributed by atoms with E-state index in [-0.39, 0.29) is 5.56 Å². The predicted molar refractivity (Wildman–Crippen MR) is 116 cm³/mol. The maximum absolute atomic E-state index is 11.8. The van der Waals surface area contributed by atoms with E-state index in [1.54, 1.807) is 6.07 Å². The number of carbonyl (C=O) groups excluding carboxylic acids is 1. The van der Waals surface area contributed by atoms with Crippen molar-refractivity contribution in [2.24, 2.45) is 0 Å². The van der Waals surface area contributed by atoms with Gasteiger partial charge in [-0.3, -0.25) is 0 Å². The summed E-state index contributed by atoms with van der Waals surface area (Å²) in [7, 11) is 0. The molecule has 0 aliphatic carbocycles. The van der Waals surface area contributed by atoms with Gasteiger partial charge in [-0.15, -0.1) is 0 Å². The number of fused-ring (bicyclic) bond motifs is 1. The quantitative estimate of drug-likeness (QED) is 0.651. The van der Waals surface area contributed by atoms with Crippen molar-refractivity contribution in [1.29, 1.82) is 0 Å². The van der Waals surface area contributed by atoms with E-state index in [4.69, 9.17) is 9.47 Å². The minimum atomic E-state index is -1.18. The van der Waals surface area contributed by atoms with Crippen molar-refractivity contribution in [3.63, 3.8) is 0 Å². The Morgan fingerprint density at radius 2 is 1.93 bits per heavy atom. The number of benzene rings is 3. The highest BCUT2D eigenvalue weighted by atomic mass is 16.5. The Hall–Kier alpha value is -3.25. The molecule has 1 N–H and O–H groups in total. The predicted octanol–water partition coefficient (Wildman–Crippen LogP) is 3.05. The molecule has 6 heteroatoms. The van der Waals surface area contributed by atoms with Gasteiger partial charge < -0.3 is 29.6 Å². The molecular formula is C24H25N2O4-. The number of carboxylic acids is 1. The minimum absolute atomic E-state index is 0.185. The Kier molecular flexibility index (Phi) is 6.05. The number of anilines is 2. The number of rotatable bonds is 7. The Balaban J connectivity index is 1.61. The maximum atomic E-state index is 11.8. The van der Waals surface area contributed by atoms with E-state index in [0.29, 0.717) is 45.1 Å². The zero-order chi connectivity index (χ0) is 20.9. The molecule has 4 rings (SSSR count). The fourth-order valence-electron chi connectivity index (χ4n) is 3.87. The van der Waals surface area contributed by atoms with Gasteiger partial charge in [0.25, 0.3) is 0 Å². The minimum Gasteiger partial charge on any atom is -0.545 e. The van der Waals surface area contributed by atoms with Gasteiger partial charge >= 0.3 is 0 Å². The van der Waals surface area contributed by atoms with Crippen molar-refractivity contribution in [1.82, 2.24) is 0 Å². The highest BCUT2D eigenvalue weighted by molar-refractivity contribution is 5.94. The van der Waals surface area contributed by atoms with Crippen LogP contribution in [-0.4, -0.2) is 38.9 Å². The van der Waals surface area contributed by atoms with Crippen molar-refractivity contribution >= 4 is 28.1 Å². The van der Waals surface area contributed by atoms with Crippen LogP contribution in [0.2, 0.25) is 0 Å². The van der Waals surface area contributed by atoms with Crippen LogP contribution in [-0.2, 0) is 11.3 Å². The lowest BCUT2D eigenvalue weighted by Crippen LogP contribution is -2.38. The molecule has 1 aliphatic heterocycles. The molecule has 0 spiro atoms. The lowest BCUT2D eigenvalue weighted by molar-refractivity contribution is -0.254. The van der Waals surface area contributed by atoms with Crippen molar-refractivity contribution in [2.45, 2.75) is 13.5 Å². The topological polar surface area (TPSA) is 73.9 Å². The molecule has 0 bridgehead atoms. The zero-order valence-electron chi connectivity index (χ0n) is 17.0. The Labute approximate surface area is 176 Å². The molecule has 0 aromatic heterocycles. The normalized spacial score (nSPS) is 14.0. The van der Waals surface area contributed by atoms with E-state index in [0.717, 1.165) is 27.8 Å². The molecule has 0 saturated carbocycles. The molecule has 156 valence electrons. The number of nitrogens with one attached hydrogen (secondary N) is 1. The molecule has 6 nitrogen and oxygen atoms in total. The van der Waals surface area contributed by atoms with Crippen molar-refractivity contribution < 1.29 is 19.4 Å². The van der Waals surface area contributed by atoms with Crippen LogP contribution in [0.4, 0.5) is 11.4 Å². The van der Waals surface area contributed by atoms with Gasteiger partial charge in [0.1, 0.15) is 5.75 Å². The van der Waals surface area contributed by atoms with Crippen LogP contribution in [0.3, 0.4) is 0 Å². The number of carboxylic acid groups (broad SMARTS) is 1. The molecule has 0 atom stereocenters. The Morgan fingerprint density at radius 1 is 1.13 bits per heavy atom. The maximum Gasteiger partial charge on any atom is 0.124 e. The van der Waals surface area contributed by atoms with Crippen LogP contribution in [0, 0.1) is 0 Å². The molecule has 3 aromatic rings. The van der Waals surface area contributed by atoms with Gasteiger partial charge in [0.05, 0.1) is 25.8 Å². The van der Waals surface area contributed by atoms with Gasteiger partial charge in [0, 0.05) is 42.1 Å². The number of ether oxygens (including phenoxy) is 2. The van der Waals surface area contributed by atoms with E-state index in [9.17, 15) is 9.90 Å². The first kappa shape index (κ1) is 20.0. The van der Waals surface area contributed by atoms with Gasteiger partial charge in [-0.1, -0.05) is 30.3 Å². The average Bonchev–Trinajstić information content (AvgIpc) is 2.79. The summed E-state index contributed by atoms with van der Waals surface area (Å²) in [6.07, 6.45) is 0. The molecule has 0 radical (unpaired) electrons. The largest absolute Gasteiger partial charge is 0.545 e. The van der Waals surface area contributed by atoms with Gasteiger partial charge in [-0.2, -0.15) is 0 Å². The highest BCUT2D eigenvalue weighted by Gasteiger charge is 2.16. The lowest BCUT2D eigenvalue weighted by Gasteiger charge is -2.31. The second kappa shape index (κ2) is 9.05. The van der Waals surface area contributed by atoms with Crippen LogP contribution in [0.1, 0.15) is 22.8 Å². The second-order valence-corrected chi connectivity index (χ2v) is 7.17. The summed E-state index contributed by atoms with van der Waals surface area (Å²) >= 11 is 0. The second-order valence-electron chi connectivity index (χ2n) is 7.17. The molecule has 0 amide bonds. The molecule has 3 aromatic carbocycles. The Bertz CT molecular complexity index is 1040. The Morgan fingerprint density at radius 3 is 2.70 bits per heavy atom. The fraction of sp³-hybridized carbons (Fsp3) is 0.292. The molecule has 0 unspecified atom stereocenters. The number of carbonyl (C=O) groups is 1. The van der Waals surface area contributed by atoms with Crippen LogP contribution >= 0.6 is 0 Å². The van der Waals surface area contributed by atoms with Gasteiger partial charge in [0.15, 0.2) is 0 Å². The monoisotopic (exact) mass is 405 g/mol. The number of aromatic carboxylic acids is 1. The smallest absolute Gasteiger partial charge is 0.124 e. The number of hydrogen-bond donors (Lipinski definition) is 1. The first-order valence-electron chi connectivity index (χ1n) is 10.2. The number of nitrogens with zero attached hydrogens (tertiary/aromatic N) is 1. The van der Waals surface area contributed by atoms with Crippen molar-refractivity contribution in [3.8, 4) is 5.75 Å². The zero-order valence-corrected chi connectivity index (χ0v) is 17.0. The van der Waals surface area contributed by atoms with Crippen LogP contribution in [0.25, 0.3) is 10.8 Å². The number of hydrogen-bond acceptors (Lipinski definition) is 6. The van der Waals surface area contributed by atoms with Crippen LogP contribution < -0.4 is 20.1 Å². The van der Waals surface area contributed by atoms with Crippen molar-refractivity contribution in [3.05, 3.63) is 65.7 Å². The first-order chi connectivity index (χ1) is 14.7. The van der Waals surface area contributed by atoms with Crippen molar-refractivity contribution in [2.75, 3.05) is 43.1 Å². The van der Waals surface area contributed by atoms with E-state index in [1.165, 1.54) is 0 Å². The van der Waals surface area contributed by atoms with Crippen LogP contribution in [0.15, 0.2) is 54.6 Å². The van der Waals surface area contributed by atoms with E-state index < -0.39 is 5.97 Å². The third-order valence-corrected chi connectivity index (χ3v) is 5.33. The van der Waals surface area contributed by atoms with E-state index in [1.807, 2.05) is 42.2 Å². The average molecular weight is 405 g/mol. The van der Waals surface area contributed by atoms with Gasteiger partial charge in [0.2, 0.25) is 0 Å². The molecule has 30 heavy (non-hydrogen) atoms. The molecular weight excluding hydrogens is 380 g/mol. The summed E-state index contributed by atoms with van der Waals surface area (Å²) in [6, 6.07) is 17.6. The summed E-state index contributed by atoms with van der Waals surface area (Å²) < 4.78 is 11.2. The molecule has 1 heterocycles. The highest BCUT2D eigenvalue weighted by Crippen LogP contribution is 2.30. The SMILES string of the molecule is CCOc1ccc2ccccc2c1CNc1ccc(N2CCOCC2)c(C(=O)[O-])c1.